The number of nitrogens with zero attached hydrogens (tertiary/aromatic N) is 4. The normalized spacial score (nSPS) is 15.0. The lowest BCUT2D eigenvalue weighted by Crippen LogP contribution is -2.48. The van der Waals surface area contributed by atoms with Gasteiger partial charge in [0, 0.05) is 48.7 Å². The number of rotatable bonds is 4. The van der Waals surface area contributed by atoms with Gasteiger partial charge < -0.3 is 14.4 Å². The zero-order chi connectivity index (χ0) is 24.6. The Morgan fingerprint density at radius 3 is 2.57 bits per heavy atom. The monoisotopic (exact) mass is 483 g/mol. The molecule has 8 nitrogen and oxygen atoms in total. The second kappa shape index (κ2) is 8.99. The van der Waals surface area contributed by atoms with E-state index in [-0.39, 0.29) is 28.7 Å². The number of halogens is 3. The van der Waals surface area contributed by atoms with E-state index in [1.54, 1.807) is 23.1 Å². The van der Waals surface area contributed by atoms with Gasteiger partial charge in [-0.3, -0.25) is 14.5 Å². The first-order valence-corrected chi connectivity index (χ1v) is 10.9. The molecule has 3 heterocycles. The van der Waals surface area contributed by atoms with Crippen LogP contribution in [0, 0.1) is 0 Å². The molecule has 0 saturated carbocycles. The summed E-state index contributed by atoms with van der Waals surface area (Å²) < 4.78 is 44.2. The van der Waals surface area contributed by atoms with Crippen LogP contribution in [0.25, 0.3) is 22.3 Å². The maximum Gasteiger partial charge on any atom is 0.416 e. The van der Waals surface area contributed by atoms with Gasteiger partial charge in [0.2, 0.25) is 17.3 Å². The molecule has 1 aliphatic heterocycles. The van der Waals surface area contributed by atoms with Gasteiger partial charge in [0.1, 0.15) is 0 Å². The molecule has 0 unspecified atom stereocenters. The Labute approximate surface area is 197 Å². The minimum Gasteiger partial charge on any atom is -0.338 e. The fourth-order valence-electron chi connectivity index (χ4n) is 4.12. The Morgan fingerprint density at radius 1 is 1.03 bits per heavy atom. The van der Waals surface area contributed by atoms with Crippen LogP contribution in [0.5, 0.6) is 0 Å². The van der Waals surface area contributed by atoms with E-state index < -0.39 is 11.7 Å². The van der Waals surface area contributed by atoms with Crippen molar-refractivity contribution in [3.8, 4) is 11.4 Å². The quantitative estimate of drug-likeness (QED) is 0.477. The van der Waals surface area contributed by atoms with Gasteiger partial charge in [-0.05, 0) is 18.2 Å². The van der Waals surface area contributed by atoms with Crippen molar-refractivity contribution < 1.29 is 22.5 Å². The summed E-state index contributed by atoms with van der Waals surface area (Å²) in [5, 5.41) is 4.51. The molecule has 35 heavy (non-hydrogen) atoms. The first-order chi connectivity index (χ1) is 16.8. The predicted octanol–water partition coefficient (Wildman–Crippen LogP) is 3.55. The van der Waals surface area contributed by atoms with Crippen LogP contribution in [0.1, 0.15) is 21.8 Å². The van der Waals surface area contributed by atoms with Gasteiger partial charge in [-0.2, -0.15) is 18.2 Å². The Balaban J connectivity index is 1.24. The number of amides is 1. The molecule has 0 atom stereocenters. The number of hydrogen-bond donors (Lipinski definition) is 1. The van der Waals surface area contributed by atoms with E-state index in [0.717, 1.165) is 12.1 Å². The van der Waals surface area contributed by atoms with Crippen LogP contribution in [-0.4, -0.2) is 57.0 Å². The van der Waals surface area contributed by atoms with Crippen molar-refractivity contribution in [1.29, 1.82) is 0 Å². The number of carbonyl (C=O) groups is 1. The number of piperazine rings is 1. The van der Waals surface area contributed by atoms with Gasteiger partial charge >= 0.3 is 6.18 Å². The highest BCUT2D eigenvalue weighted by Crippen LogP contribution is 2.31. The number of carbonyl (C=O) groups excluding carboxylic acids is 1. The molecule has 0 spiro atoms. The summed E-state index contributed by atoms with van der Waals surface area (Å²) in [4.78, 5) is 35.8. The summed E-state index contributed by atoms with van der Waals surface area (Å²) in [6.45, 7) is 2.26. The number of alkyl halides is 3. The lowest BCUT2D eigenvalue weighted by molar-refractivity contribution is -0.137. The molecule has 0 bridgehead atoms. The van der Waals surface area contributed by atoms with Crippen LogP contribution in [0.2, 0.25) is 0 Å². The Hall–Kier alpha value is -3.99. The molecule has 11 heteroatoms. The molecule has 1 N–H and O–H groups in total. The zero-order valence-corrected chi connectivity index (χ0v) is 18.4. The number of benzene rings is 2. The van der Waals surface area contributed by atoms with Crippen LogP contribution in [0.4, 0.5) is 13.2 Å². The standard InChI is InChI=1S/C24H20F3N5O3/c25-24(26,27)16-5-3-4-15(12-16)22-29-21(35-30-22)14-31-8-10-32(11-9-31)23(34)18-13-20(33)28-19-7-2-1-6-17(18)19/h1-7,12-13H,8-11,14H2,(H,28,33). The van der Waals surface area contributed by atoms with Crippen LogP contribution in [-0.2, 0) is 12.7 Å². The number of H-pyrrole nitrogens is 1. The maximum atomic E-state index is 13.1. The van der Waals surface area contributed by atoms with E-state index in [0.29, 0.717) is 49.2 Å². The number of fused-ring (bicyclic) bond motifs is 1. The molecule has 2 aromatic carbocycles. The number of para-hydroxylation sites is 1. The van der Waals surface area contributed by atoms with Gasteiger partial charge in [0.05, 0.1) is 17.7 Å². The largest absolute Gasteiger partial charge is 0.416 e. The summed E-state index contributed by atoms with van der Waals surface area (Å²) >= 11 is 0. The summed E-state index contributed by atoms with van der Waals surface area (Å²) in [5.74, 6) is 0.149. The van der Waals surface area contributed by atoms with E-state index in [4.69, 9.17) is 4.52 Å². The molecule has 1 saturated heterocycles. The summed E-state index contributed by atoms with van der Waals surface area (Å²) in [5.41, 5.74) is 0.0691. The summed E-state index contributed by atoms with van der Waals surface area (Å²) in [6.07, 6.45) is -4.46. The molecular formula is C24H20F3N5O3. The highest BCUT2D eigenvalue weighted by atomic mass is 19.4. The Bertz CT molecular complexity index is 1440. The second-order valence-electron chi connectivity index (χ2n) is 8.25. The predicted molar refractivity (Wildman–Crippen MR) is 120 cm³/mol. The molecule has 0 radical (unpaired) electrons. The Morgan fingerprint density at radius 2 is 1.80 bits per heavy atom. The second-order valence-corrected chi connectivity index (χ2v) is 8.25. The van der Waals surface area contributed by atoms with E-state index in [1.165, 1.54) is 18.2 Å². The smallest absolute Gasteiger partial charge is 0.338 e. The molecular weight excluding hydrogens is 463 g/mol. The van der Waals surface area contributed by atoms with Gasteiger partial charge in [-0.15, -0.1) is 0 Å². The first-order valence-electron chi connectivity index (χ1n) is 10.9. The van der Waals surface area contributed by atoms with Gasteiger partial charge in [-0.25, -0.2) is 0 Å². The van der Waals surface area contributed by atoms with Crippen molar-refractivity contribution in [1.82, 2.24) is 24.9 Å². The molecule has 0 aliphatic carbocycles. The summed E-state index contributed by atoms with van der Waals surface area (Å²) in [6, 6.07) is 13.2. The molecule has 5 rings (SSSR count). The fraction of sp³-hybridized carbons (Fsp3) is 0.250. The van der Waals surface area contributed by atoms with Crippen LogP contribution < -0.4 is 5.56 Å². The van der Waals surface area contributed by atoms with Crippen molar-refractivity contribution in [3.63, 3.8) is 0 Å². The van der Waals surface area contributed by atoms with E-state index in [2.05, 4.69) is 15.1 Å². The average molecular weight is 483 g/mol. The van der Waals surface area contributed by atoms with E-state index in [9.17, 15) is 22.8 Å². The number of hydrogen-bond acceptors (Lipinski definition) is 6. The van der Waals surface area contributed by atoms with Gasteiger partial charge in [0.25, 0.3) is 5.91 Å². The van der Waals surface area contributed by atoms with Gasteiger partial charge in [-0.1, -0.05) is 35.5 Å². The third-order valence-corrected chi connectivity index (χ3v) is 5.92. The summed E-state index contributed by atoms with van der Waals surface area (Å²) in [7, 11) is 0. The van der Waals surface area contributed by atoms with Crippen LogP contribution >= 0.6 is 0 Å². The molecule has 180 valence electrons. The number of nitrogens with one attached hydrogen (secondary N) is 1. The molecule has 1 fully saturated rings. The lowest BCUT2D eigenvalue weighted by atomic mass is 10.1. The molecule has 2 aromatic heterocycles. The van der Waals surface area contributed by atoms with Crippen LogP contribution in [0.15, 0.2) is 63.9 Å². The lowest BCUT2D eigenvalue weighted by Gasteiger charge is -2.34. The first kappa shape index (κ1) is 22.8. The minimum atomic E-state index is -4.46. The molecule has 4 aromatic rings. The van der Waals surface area contributed by atoms with Gasteiger partial charge in [0.15, 0.2) is 0 Å². The van der Waals surface area contributed by atoms with Crippen molar-refractivity contribution in [3.05, 3.63) is 82.0 Å². The topological polar surface area (TPSA) is 95.3 Å². The van der Waals surface area contributed by atoms with E-state index >= 15 is 0 Å². The van der Waals surface area contributed by atoms with Crippen molar-refractivity contribution in [2.75, 3.05) is 26.2 Å². The number of pyridine rings is 1. The highest BCUT2D eigenvalue weighted by molar-refractivity contribution is 6.06. The number of aromatic amines is 1. The third-order valence-electron chi connectivity index (χ3n) is 5.92. The van der Waals surface area contributed by atoms with Crippen molar-refractivity contribution in [2.24, 2.45) is 0 Å². The van der Waals surface area contributed by atoms with Crippen molar-refractivity contribution >= 4 is 16.8 Å². The number of aromatic nitrogens is 3. The van der Waals surface area contributed by atoms with E-state index in [1.807, 2.05) is 11.0 Å². The molecule has 1 aliphatic rings. The fourth-order valence-corrected chi connectivity index (χ4v) is 4.12. The highest BCUT2D eigenvalue weighted by Gasteiger charge is 2.31. The zero-order valence-electron chi connectivity index (χ0n) is 18.4. The molecule has 1 amide bonds. The maximum absolute atomic E-state index is 13.1. The SMILES string of the molecule is O=C(c1cc(=O)[nH]c2ccccc12)N1CCN(Cc2nc(-c3cccc(C(F)(F)F)c3)no2)CC1. The Kier molecular flexibility index (Phi) is 5.85. The minimum absolute atomic E-state index is 0.0843. The van der Waals surface area contributed by atoms with Crippen LogP contribution in [0.3, 0.4) is 0 Å². The third kappa shape index (κ3) is 4.80. The average Bonchev–Trinajstić information content (AvgIpc) is 3.31. The van der Waals surface area contributed by atoms with Crippen molar-refractivity contribution in [2.45, 2.75) is 12.7 Å².